The molecule has 1 aliphatic heterocycles. The highest BCUT2D eigenvalue weighted by molar-refractivity contribution is 5.21. The van der Waals surface area contributed by atoms with Gasteiger partial charge in [0.1, 0.15) is 5.82 Å². The Morgan fingerprint density at radius 2 is 2.40 bits per heavy atom. The molecule has 15 heavy (non-hydrogen) atoms. The third-order valence-corrected chi connectivity index (χ3v) is 3.17. The van der Waals surface area contributed by atoms with E-state index in [1.54, 1.807) is 0 Å². The second kappa shape index (κ2) is 3.94. The summed E-state index contributed by atoms with van der Waals surface area (Å²) in [7, 11) is 0. The lowest BCUT2D eigenvalue weighted by atomic mass is 10.0. The molecule has 0 radical (unpaired) electrons. The van der Waals surface area contributed by atoms with Gasteiger partial charge in [-0.05, 0) is 19.3 Å². The number of aliphatic hydroxyl groups excluding tert-OH is 1. The molecular formula is C11H19N3O. The molecule has 1 aromatic heterocycles. The van der Waals surface area contributed by atoms with Crippen molar-refractivity contribution in [3.8, 4) is 0 Å². The zero-order valence-corrected chi connectivity index (χ0v) is 9.40. The van der Waals surface area contributed by atoms with Crippen molar-refractivity contribution >= 4 is 0 Å². The van der Waals surface area contributed by atoms with Crippen LogP contribution in [0.15, 0.2) is 0 Å². The minimum atomic E-state index is -0.295. The number of nitrogens with zero attached hydrogens (tertiary/aromatic N) is 2. The Kier molecular flexibility index (Phi) is 2.80. The number of aryl methyl sites for hydroxylation is 2. The first kappa shape index (κ1) is 10.6. The van der Waals surface area contributed by atoms with Crippen molar-refractivity contribution in [1.82, 2.24) is 9.55 Å². The van der Waals surface area contributed by atoms with Crippen LogP contribution in [-0.4, -0.2) is 21.3 Å². The quantitative estimate of drug-likeness (QED) is 0.756. The number of imidazole rings is 1. The van der Waals surface area contributed by atoms with Crippen LogP contribution in [0.25, 0.3) is 0 Å². The lowest BCUT2D eigenvalue weighted by Gasteiger charge is -2.23. The molecule has 2 atom stereocenters. The second-order valence-electron chi connectivity index (χ2n) is 4.54. The number of hydrogen-bond donors (Lipinski definition) is 2. The first-order chi connectivity index (χ1) is 7.13. The Morgan fingerprint density at radius 3 is 3.07 bits per heavy atom. The molecule has 1 aliphatic rings. The smallest absolute Gasteiger partial charge is 0.109 e. The van der Waals surface area contributed by atoms with E-state index in [2.05, 4.69) is 16.5 Å². The minimum Gasteiger partial charge on any atom is -0.394 e. The molecule has 2 rings (SSSR count). The van der Waals surface area contributed by atoms with Gasteiger partial charge >= 0.3 is 0 Å². The standard InChI is InChI=1S/C11H19N3O/c1-7-3-4-10-13-8(2)11(9(12)6-15)14(10)5-7/h7,9,15H,3-6,12H2,1-2H3. The van der Waals surface area contributed by atoms with Gasteiger partial charge in [0.05, 0.1) is 24.0 Å². The summed E-state index contributed by atoms with van der Waals surface area (Å²) < 4.78 is 2.20. The Hall–Kier alpha value is -0.870. The average Bonchev–Trinajstić information content (AvgIpc) is 2.52. The van der Waals surface area contributed by atoms with E-state index in [0.29, 0.717) is 5.92 Å². The number of nitrogens with two attached hydrogens (primary N) is 1. The molecule has 4 heteroatoms. The summed E-state index contributed by atoms with van der Waals surface area (Å²) >= 11 is 0. The number of fused-ring (bicyclic) bond motifs is 1. The van der Waals surface area contributed by atoms with Crippen molar-refractivity contribution in [3.63, 3.8) is 0 Å². The summed E-state index contributed by atoms with van der Waals surface area (Å²) in [6, 6.07) is -0.295. The van der Waals surface area contributed by atoms with Crippen LogP contribution in [-0.2, 0) is 13.0 Å². The van der Waals surface area contributed by atoms with Gasteiger partial charge in [-0.25, -0.2) is 4.98 Å². The van der Waals surface area contributed by atoms with E-state index in [9.17, 15) is 0 Å². The fraction of sp³-hybridized carbons (Fsp3) is 0.727. The van der Waals surface area contributed by atoms with Crippen molar-refractivity contribution in [2.45, 2.75) is 39.3 Å². The van der Waals surface area contributed by atoms with Crippen LogP contribution in [0.3, 0.4) is 0 Å². The molecular weight excluding hydrogens is 190 g/mol. The van der Waals surface area contributed by atoms with Crippen LogP contribution in [0.4, 0.5) is 0 Å². The van der Waals surface area contributed by atoms with E-state index in [4.69, 9.17) is 10.8 Å². The second-order valence-corrected chi connectivity index (χ2v) is 4.54. The maximum absolute atomic E-state index is 9.13. The van der Waals surface area contributed by atoms with Crippen LogP contribution >= 0.6 is 0 Å². The fourth-order valence-corrected chi connectivity index (χ4v) is 2.37. The van der Waals surface area contributed by atoms with Crippen molar-refractivity contribution in [2.24, 2.45) is 11.7 Å². The van der Waals surface area contributed by atoms with Crippen molar-refractivity contribution in [2.75, 3.05) is 6.61 Å². The van der Waals surface area contributed by atoms with Crippen molar-refractivity contribution in [3.05, 3.63) is 17.2 Å². The lowest BCUT2D eigenvalue weighted by molar-refractivity contribution is 0.259. The first-order valence-electron chi connectivity index (χ1n) is 5.55. The molecule has 0 fully saturated rings. The molecule has 0 aromatic carbocycles. The SMILES string of the molecule is Cc1nc2n(c1C(N)CO)CC(C)CC2. The molecule has 1 aromatic rings. The van der Waals surface area contributed by atoms with Crippen LogP contribution in [0.5, 0.6) is 0 Å². The number of aromatic nitrogens is 2. The van der Waals surface area contributed by atoms with E-state index in [1.807, 2.05) is 6.92 Å². The van der Waals surface area contributed by atoms with Gasteiger partial charge in [0.15, 0.2) is 0 Å². The summed E-state index contributed by atoms with van der Waals surface area (Å²) in [5.41, 5.74) is 7.88. The monoisotopic (exact) mass is 209 g/mol. The summed E-state index contributed by atoms with van der Waals surface area (Å²) in [5, 5.41) is 9.13. The Balaban J connectivity index is 2.41. The van der Waals surface area contributed by atoms with Crippen LogP contribution in [0, 0.1) is 12.8 Å². The molecule has 0 bridgehead atoms. The predicted molar refractivity (Wildman–Crippen MR) is 58.5 cm³/mol. The van der Waals surface area contributed by atoms with Crippen molar-refractivity contribution in [1.29, 1.82) is 0 Å². The third kappa shape index (κ3) is 1.79. The van der Waals surface area contributed by atoms with Gasteiger partial charge in [-0.1, -0.05) is 6.92 Å². The molecule has 2 unspecified atom stereocenters. The maximum atomic E-state index is 9.13. The molecule has 0 aliphatic carbocycles. The predicted octanol–water partition coefficient (Wildman–Crippen LogP) is 0.766. The van der Waals surface area contributed by atoms with E-state index >= 15 is 0 Å². The normalized spacial score (nSPS) is 22.5. The van der Waals surface area contributed by atoms with Gasteiger partial charge in [-0.15, -0.1) is 0 Å². The highest BCUT2D eigenvalue weighted by Gasteiger charge is 2.23. The highest BCUT2D eigenvalue weighted by Crippen LogP contribution is 2.25. The fourth-order valence-electron chi connectivity index (χ4n) is 2.37. The number of aliphatic hydroxyl groups is 1. The molecule has 4 nitrogen and oxygen atoms in total. The number of rotatable bonds is 2. The van der Waals surface area contributed by atoms with Gasteiger partial charge in [-0.2, -0.15) is 0 Å². The Bertz CT molecular complexity index is 359. The van der Waals surface area contributed by atoms with Crippen LogP contribution in [0.2, 0.25) is 0 Å². The molecule has 2 heterocycles. The van der Waals surface area contributed by atoms with E-state index < -0.39 is 0 Å². The van der Waals surface area contributed by atoms with Crippen LogP contribution < -0.4 is 5.73 Å². The van der Waals surface area contributed by atoms with Crippen molar-refractivity contribution < 1.29 is 5.11 Å². The molecule has 0 saturated carbocycles. The summed E-state index contributed by atoms with van der Waals surface area (Å²) in [6.45, 7) is 5.19. The molecule has 84 valence electrons. The first-order valence-corrected chi connectivity index (χ1v) is 5.55. The average molecular weight is 209 g/mol. The molecule has 3 N–H and O–H groups in total. The number of hydrogen-bond acceptors (Lipinski definition) is 3. The minimum absolute atomic E-state index is 0.0135. The van der Waals surface area contributed by atoms with E-state index in [-0.39, 0.29) is 12.6 Å². The third-order valence-electron chi connectivity index (χ3n) is 3.17. The van der Waals surface area contributed by atoms with Gasteiger partial charge < -0.3 is 15.4 Å². The van der Waals surface area contributed by atoms with Gasteiger partial charge in [-0.3, -0.25) is 0 Å². The Morgan fingerprint density at radius 1 is 1.67 bits per heavy atom. The van der Waals surface area contributed by atoms with Gasteiger partial charge in [0.25, 0.3) is 0 Å². The topological polar surface area (TPSA) is 64.1 Å². The Labute approximate surface area is 90.1 Å². The van der Waals surface area contributed by atoms with Crippen LogP contribution in [0.1, 0.15) is 36.6 Å². The highest BCUT2D eigenvalue weighted by atomic mass is 16.3. The van der Waals surface area contributed by atoms with E-state index in [1.165, 1.54) is 6.42 Å². The van der Waals surface area contributed by atoms with Gasteiger partial charge in [0.2, 0.25) is 0 Å². The van der Waals surface area contributed by atoms with Gasteiger partial charge in [0, 0.05) is 13.0 Å². The molecule has 0 saturated heterocycles. The lowest BCUT2D eigenvalue weighted by Crippen LogP contribution is -2.25. The summed E-state index contributed by atoms with van der Waals surface area (Å²) in [6.07, 6.45) is 2.23. The summed E-state index contributed by atoms with van der Waals surface area (Å²) in [5.74, 6) is 1.81. The molecule has 0 spiro atoms. The molecule has 0 amide bonds. The zero-order chi connectivity index (χ0) is 11.0. The summed E-state index contributed by atoms with van der Waals surface area (Å²) in [4.78, 5) is 4.53. The zero-order valence-electron chi connectivity index (χ0n) is 9.40. The maximum Gasteiger partial charge on any atom is 0.109 e. The van der Waals surface area contributed by atoms with E-state index in [0.717, 1.165) is 30.2 Å². The largest absolute Gasteiger partial charge is 0.394 e.